The maximum Gasteiger partial charge on any atom is 0.337 e. The fourth-order valence-electron chi connectivity index (χ4n) is 3.09. The monoisotopic (exact) mass is 353 g/mol. The Labute approximate surface area is 153 Å². The molecule has 2 N–H and O–H groups in total. The highest BCUT2D eigenvalue weighted by Crippen LogP contribution is 2.26. The molecule has 1 saturated heterocycles. The van der Waals surface area contributed by atoms with E-state index in [-0.39, 0.29) is 11.9 Å². The van der Waals surface area contributed by atoms with Crippen LogP contribution in [0.25, 0.3) is 0 Å². The molecule has 2 aromatic carbocycles. The smallest absolute Gasteiger partial charge is 0.337 e. The number of hydrogen-bond acceptors (Lipinski definition) is 5. The normalized spacial score (nSPS) is 14.2. The molecule has 1 aliphatic rings. The number of nitrogens with zero attached hydrogens (tertiary/aromatic N) is 2. The van der Waals surface area contributed by atoms with E-state index in [1.807, 2.05) is 36.1 Å². The number of nitrogen functional groups attached to an aromatic ring is 1. The standard InChI is InChI=1S/C20H23N3O3/c1-14-3-5-15(6-4-14)19(24)23-11-9-22(10-12-23)18-13-16(20(25)26-2)7-8-17(18)21/h3-8,13H,9-12,21H2,1-2H3. The van der Waals surface area contributed by atoms with E-state index in [0.29, 0.717) is 43.0 Å². The van der Waals surface area contributed by atoms with E-state index in [1.165, 1.54) is 7.11 Å². The molecule has 1 fully saturated rings. The average Bonchev–Trinajstić information content (AvgIpc) is 2.68. The summed E-state index contributed by atoms with van der Waals surface area (Å²) in [5.74, 6) is -0.347. The van der Waals surface area contributed by atoms with Crippen molar-refractivity contribution in [1.82, 2.24) is 4.90 Å². The van der Waals surface area contributed by atoms with Crippen molar-refractivity contribution >= 4 is 23.3 Å². The number of esters is 1. The zero-order chi connectivity index (χ0) is 18.7. The van der Waals surface area contributed by atoms with Crippen LogP contribution in [0.1, 0.15) is 26.3 Å². The number of benzene rings is 2. The number of ether oxygens (including phenoxy) is 1. The van der Waals surface area contributed by atoms with E-state index in [9.17, 15) is 9.59 Å². The Morgan fingerprint density at radius 3 is 2.19 bits per heavy atom. The number of methoxy groups -OCH3 is 1. The third-order valence-corrected chi connectivity index (χ3v) is 4.66. The van der Waals surface area contributed by atoms with Gasteiger partial charge in [-0.15, -0.1) is 0 Å². The van der Waals surface area contributed by atoms with Crippen molar-refractivity contribution < 1.29 is 14.3 Å². The van der Waals surface area contributed by atoms with E-state index in [0.717, 1.165) is 11.3 Å². The molecule has 0 aromatic heterocycles. The lowest BCUT2D eigenvalue weighted by atomic mass is 10.1. The molecule has 1 amide bonds. The summed E-state index contributed by atoms with van der Waals surface area (Å²) in [4.78, 5) is 28.3. The van der Waals surface area contributed by atoms with Crippen LogP contribution in [0.4, 0.5) is 11.4 Å². The van der Waals surface area contributed by atoms with Crippen molar-refractivity contribution in [2.75, 3.05) is 43.9 Å². The highest BCUT2D eigenvalue weighted by molar-refractivity contribution is 5.94. The lowest BCUT2D eigenvalue weighted by Gasteiger charge is -2.36. The maximum absolute atomic E-state index is 12.6. The SMILES string of the molecule is COC(=O)c1ccc(N)c(N2CCN(C(=O)c3ccc(C)cc3)CC2)c1. The molecule has 1 heterocycles. The van der Waals surface area contributed by atoms with Crippen LogP contribution in [0.3, 0.4) is 0 Å². The van der Waals surface area contributed by atoms with Crippen LogP contribution in [0.5, 0.6) is 0 Å². The highest BCUT2D eigenvalue weighted by atomic mass is 16.5. The number of rotatable bonds is 3. The van der Waals surface area contributed by atoms with Gasteiger partial charge in [-0.25, -0.2) is 4.79 Å². The fourth-order valence-corrected chi connectivity index (χ4v) is 3.09. The zero-order valence-corrected chi connectivity index (χ0v) is 15.1. The molecule has 136 valence electrons. The van der Waals surface area contributed by atoms with Gasteiger partial charge in [-0.05, 0) is 37.3 Å². The minimum Gasteiger partial charge on any atom is -0.465 e. The molecule has 0 atom stereocenters. The van der Waals surface area contributed by atoms with Gasteiger partial charge < -0.3 is 20.3 Å². The summed E-state index contributed by atoms with van der Waals surface area (Å²) in [5, 5.41) is 0. The van der Waals surface area contributed by atoms with Crippen LogP contribution < -0.4 is 10.6 Å². The Bertz CT molecular complexity index is 810. The first-order chi connectivity index (χ1) is 12.5. The quantitative estimate of drug-likeness (QED) is 0.677. The second-order valence-electron chi connectivity index (χ2n) is 6.41. The average molecular weight is 353 g/mol. The van der Waals surface area contributed by atoms with E-state index in [2.05, 4.69) is 4.90 Å². The molecule has 0 aliphatic carbocycles. The predicted molar refractivity (Wildman–Crippen MR) is 101 cm³/mol. The fraction of sp³-hybridized carbons (Fsp3) is 0.300. The molecular weight excluding hydrogens is 330 g/mol. The van der Waals surface area contributed by atoms with E-state index in [1.54, 1.807) is 18.2 Å². The molecule has 1 aliphatic heterocycles. The van der Waals surface area contributed by atoms with Crippen LogP contribution >= 0.6 is 0 Å². The Morgan fingerprint density at radius 2 is 1.58 bits per heavy atom. The zero-order valence-electron chi connectivity index (χ0n) is 15.1. The van der Waals surface area contributed by atoms with Crippen molar-refractivity contribution in [3.63, 3.8) is 0 Å². The Morgan fingerprint density at radius 1 is 0.962 bits per heavy atom. The van der Waals surface area contributed by atoms with Gasteiger partial charge in [-0.3, -0.25) is 4.79 Å². The number of nitrogens with two attached hydrogens (primary N) is 1. The summed E-state index contributed by atoms with van der Waals surface area (Å²) >= 11 is 0. The number of amides is 1. The molecule has 0 unspecified atom stereocenters. The highest BCUT2D eigenvalue weighted by Gasteiger charge is 2.23. The number of aryl methyl sites for hydroxylation is 1. The van der Waals surface area contributed by atoms with Gasteiger partial charge in [-0.2, -0.15) is 0 Å². The molecule has 3 rings (SSSR count). The lowest BCUT2D eigenvalue weighted by Crippen LogP contribution is -2.49. The molecule has 2 aromatic rings. The first-order valence-corrected chi connectivity index (χ1v) is 8.58. The second-order valence-corrected chi connectivity index (χ2v) is 6.41. The Hall–Kier alpha value is -3.02. The van der Waals surface area contributed by atoms with Crippen LogP contribution in [0.2, 0.25) is 0 Å². The van der Waals surface area contributed by atoms with Crippen molar-refractivity contribution in [3.8, 4) is 0 Å². The summed E-state index contributed by atoms with van der Waals surface area (Å²) < 4.78 is 4.77. The van der Waals surface area contributed by atoms with Gasteiger partial charge in [0.2, 0.25) is 0 Å². The van der Waals surface area contributed by atoms with Crippen molar-refractivity contribution in [2.45, 2.75) is 6.92 Å². The van der Waals surface area contributed by atoms with Crippen LogP contribution in [-0.4, -0.2) is 50.1 Å². The molecule has 6 nitrogen and oxygen atoms in total. The van der Waals surface area contributed by atoms with Gasteiger partial charge in [0.25, 0.3) is 5.91 Å². The topological polar surface area (TPSA) is 75.9 Å². The molecule has 0 spiro atoms. The second kappa shape index (κ2) is 7.47. The van der Waals surface area contributed by atoms with Crippen molar-refractivity contribution in [3.05, 3.63) is 59.2 Å². The number of carbonyl (C=O) groups is 2. The van der Waals surface area contributed by atoms with Gasteiger partial charge in [0, 0.05) is 31.7 Å². The number of carbonyl (C=O) groups excluding carboxylic acids is 2. The van der Waals surface area contributed by atoms with Crippen molar-refractivity contribution in [2.24, 2.45) is 0 Å². The minimum absolute atomic E-state index is 0.0425. The summed E-state index contributed by atoms with van der Waals surface area (Å²) in [7, 11) is 1.35. The maximum atomic E-state index is 12.6. The van der Waals surface area contributed by atoms with Gasteiger partial charge in [0.05, 0.1) is 24.0 Å². The lowest BCUT2D eigenvalue weighted by molar-refractivity contribution is 0.0600. The first kappa shape index (κ1) is 17.8. The van der Waals surface area contributed by atoms with E-state index >= 15 is 0 Å². The molecule has 26 heavy (non-hydrogen) atoms. The number of hydrogen-bond donors (Lipinski definition) is 1. The van der Waals surface area contributed by atoms with Crippen LogP contribution in [0, 0.1) is 6.92 Å². The summed E-state index contributed by atoms with van der Waals surface area (Å²) in [6.45, 7) is 4.53. The van der Waals surface area contributed by atoms with E-state index in [4.69, 9.17) is 10.5 Å². The first-order valence-electron chi connectivity index (χ1n) is 8.58. The number of piperazine rings is 1. The van der Waals surface area contributed by atoms with Crippen molar-refractivity contribution in [1.29, 1.82) is 0 Å². The minimum atomic E-state index is -0.389. The largest absolute Gasteiger partial charge is 0.465 e. The van der Waals surface area contributed by atoms with E-state index < -0.39 is 0 Å². The van der Waals surface area contributed by atoms with Gasteiger partial charge >= 0.3 is 5.97 Å². The Balaban J connectivity index is 1.69. The molecule has 0 saturated carbocycles. The summed E-state index contributed by atoms with van der Waals surface area (Å²) in [6, 6.07) is 12.7. The molecule has 0 bridgehead atoms. The van der Waals surface area contributed by atoms with Crippen LogP contribution in [-0.2, 0) is 4.74 Å². The Kier molecular flexibility index (Phi) is 5.11. The summed E-state index contributed by atoms with van der Waals surface area (Å²) in [5.41, 5.74) is 9.80. The number of anilines is 2. The molecule has 6 heteroatoms. The van der Waals surface area contributed by atoms with Gasteiger partial charge in [0.1, 0.15) is 0 Å². The summed E-state index contributed by atoms with van der Waals surface area (Å²) in [6.07, 6.45) is 0. The predicted octanol–water partition coefficient (Wildman–Crippen LogP) is 2.33. The third kappa shape index (κ3) is 3.64. The third-order valence-electron chi connectivity index (χ3n) is 4.66. The molecule has 0 radical (unpaired) electrons. The van der Waals surface area contributed by atoms with Gasteiger partial charge in [-0.1, -0.05) is 17.7 Å². The van der Waals surface area contributed by atoms with Crippen LogP contribution in [0.15, 0.2) is 42.5 Å². The van der Waals surface area contributed by atoms with Gasteiger partial charge in [0.15, 0.2) is 0 Å². The molecular formula is C20H23N3O3.